The summed E-state index contributed by atoms with van der Waals surface area (Å²) in [6.07, 6.45) is 30.4. The molecule has 0 atom stereocenters. The summed E-state index contributed by atoms with van der Waals surface area (Å²) in [6, 6.07) is 0. The summed E-state index contributed by atoms with van der Waals surface area (Å²) < 4.78 is 0. The molecular weight excluding hydrogens is 308 g/mol. The van der Waals surface area contributed by atoms with Crippen molar-refractivity contribution in [2.75, 3.05) is 0 Å². The number of unbranched alkanes of at least 4 members (excludes halogenated alkanes) is 6. The van der Waals surface area contributed by atoms with E-state index in [4.69, 9.17) is 5.11 Å². The van der Waals surface area contributed by atoms with E-state index in [-0.39, 0.29) is 0 Å². The minimum Gasteiger partial charge on any atom is -0.478 e. The lowest BCUT2D eigenvalue weighted by atomic mass is 10.1. The van der Waals surface area contributed by atoms with Gasteiger partial charge in [0, 0.05) is 6.08 Å². The second-order valence-corrected chi connectivity index (χ2v) is 6.27. The molecule has 0 rings (SSSR count). The first kappa shape index (κ1) is 23.2. The summed E-state index contributed by atoms with van der Waals surface area (Å²) in [5.74, 6) is -0.878. The van der Waals surface area contributed by atoms with Gasteiger partial charge in [-0.1, -0.05) is 74.8 Å². The maximum absolute atomic E-state index is 10.5. The standard InChI is InChI=1S/C23H36O2/c1-3-4-5-6-7-8-9-10-11-12-13-14-15-16-17-18-19-20-22(2)21-23(24)25/h4-5,7-8,10-11,19-21H,3,6,9,12-18H2,1-2H3,(H,24,25)/b5-4-,8-7-,11-10-,20-19+,22-21+. The number of carbonyl (C=O) groups is 1. The monoisotopic (exact) mass is 344 g/mol. The van der Waals surface area contributed by atoms with Crippen LogP contribution in [0.15, 0.2) is 60.3 Å². The first-order valence-corrected chi connectivity index (χ1v) is 9.69. The molecule has 2 nitrogen and oxygen atoms in total. The summed E-state index contributed by atoms with van der Waals surface area (Å²) in [4.78, 5) is 10.5. The molecule has 0 fully saturated rings. The van der Waals surface area contributed by atoms with Gasteiger partial charge < -0.3 is 5.11 Å². The predicted molar refractivity (Wildman–Crippen MR) is 110 cm³/mol. The van der Waals surface area contributed by atoms with Crippen molar-refractivity contribution < 1.29 is 9.90 Å². The number of carboxylic acids is 1. The molecule has 0 unspecified atom stereocenters. The lowest BCUT2D eigenvalue weighted by Crippen LogP contribution is -1.87. The van der Waals surface area contributed by atoms with E-state index >= 15 is 0 Å². The van der Waals surface area contributed by atoms with Crippen LogP contribution in [0.4, 0.5) is 0 Å². The summed E-state index contributed by atoms with van der Waals surface area (Å²) in [6.45, 7) is 3.97. The molecule has 1 N–H and O–H groups in total. The molecule has 0 aliphatic carbocycles. The van der Waals surface area contributed by atoms with Gasteiger partial charge in [0.2, 0.25) is 0 Å². The summed E-state index contributed by atoms with van der Waals surface area (Å²) in [5.41, 5.74) is 0.798. The molecule has 0 bridgehead atoms. The Labute approximate surface area is 154 Å². The Hall–Kier alpha value is -1.83. The van der Waals surface area contributed by atoms with Gasteiger partial charge in [-0.25, -0.2) is 4.79 Å². The fourth-order valence-electron chi connectivity index (χ4n) is 2.39. The summed E-state index contributed by atoms with van der Waals surface area (Å²) in [5, 5.41) is 8.61. The van der Waals surface area contributed by atoms with Gasteiger partial charge in [-0.05, 0) is 57.4 Å². The van der Waals surface area contributed by atoms with Crippen LogP contribution in [0.1, 0.15) is 78.1 Å². The van der Waals surface area contributed by atoms with Crippen LogP contribution in [-0.4, -0.2) is 11.1 Å². The molecule has 0 amide bonds. The maximum atomic E-state index is 10.5. The van der Waals surface area contributed by atoms with Crippen molar-refractivity contribution in [1.29, 1.82) is 0 Å². The molecule has 25 heavy (non-hydrogen) atoms. The summed E-state index contributed by atoms with van der Waals surface area (Å²) >= 11 is 0. The van der Waals surface area contributed by atoms with Crippen LogP contribution in [0.5, 0.6) is 0 Å². The fourth-order valence-corrected chi connectivity index (χ4v) is 2.39. The smallest absolute Gasteiger partial charge is 0.328 e. The normalized spacial score (nSPS) is 13.1. The molecule has 140 valence electrons. The molecule has 0 aromatic carbocycles. The Morgan fingerprint density at radius 1 is 0.760 bits per heavy atom. The highest BCUT2D eigenvalue weighted by Gasteiger charge is 1.91. The second-order valence-electron chi connectivity index (χ2n) is 6.27. The molecule has 0 aromatic rings. The molecule has 2 heteroatoms. The van der Waals surface area contributed by atoms with Gasteiger partial charge in [-0.2, -0.15) is 0 Å². The molecule has 0 aliphatic rings. The number of aliphatic carboxylic acids is 1. The number of allylic oxidation sites excluding steroid dienone is 9. The van der Waals surface area contributed by atoms with Crippen LogP contribution in [0, 0.1) is 0 Å². The quantitative estimate of drug-likeness (QED) is 0.148. The highest BCUT2D eigenvalue weighted by atomic mass is 16.4. The van der Waals surface area contributed by atoms with Crippen LogP contribution >= 0.6 is 0 Å². The predicted octanol–water partition coefficient (Wildman–Crippen LogP) is 7.16. The largest absolute Gasteiger partial charge is 0.478 e. The Balaban J connectivity index is 3.41. The van der Waals surface area contributed by atoms with Crippen molar-refractivity contribution in [2.24, 2.45) is 0 Å². The second kappa shape index (κ2) is 18.5. The van der Waals surface area contributed by atoms with E-state index in [0.29, 0.717) is 0 Å². The van der Waals surface area contributed by atoms with Crippen LogP contribution in [0.3, 0.4) is 0 Å². The van der Waals surface area contributed by atoms with Crippen molar-refractivity contribution in [3.63, 3.8) is 0 Å². The SMILES string of the molecule is CC/C=C\C/C=C\C/C=C\CCCCCCC/C=C/C(C)=C/C(=O)O. The molecule has 0 saturated carbocycles. The van der Waals surface area contributed by atoms with Gasteiger partial charge in [0.15, 0.2) is 0 Å². The fraction of sp³-hybridized carbons (Fsp3) is 0.522. The van der Waals surface area contributed by atoms with Gasteiger partial charge in [-0.15, -0.1) is 0 Å². The van der Waals surface area contributed by atoms with Crippen molar-refractivity contribution in [2.45, 2.75) is 78.1 Å². The molecule has 0 heterocycles. The number of hydrogen-bond acceptors (Lipinski definition) is 1. The van der Waals surface area contributed by atoms with Crippen molar-refractivity contribution in [3.05, 3.63) is 60.3 Å². The highest BCUT2D eigenvalue weighted by molar-refractivity contribution is 5.81. The van der Waals surface area contributed by atoms with E-state index < -0.39 is 5.97 Å². The van der Waals surface area contributed by atoms with Gasteiger partial charge in [0.1, 0.15) is 0 Å². The van der Waals surface area contributed by atoms with Crippen LogP contribution < -0.4 is 0 Å². The molecule has 0 radical (unpaired) electrons. The number of carboxylic acid groups (broad SMARTS) is 1. The van der Waals surface area contributed by atoms with Crippen LogP contribution in [0.25, 0.3) is 0 Å². The minimum absolute atomic E-state index is 0.798. The summed E-state index contributed by atoms with van der Waals surface area (Å²) in [7, 11) is 0. The Bertz CT molecular complexity index is 464. The number of rotatable bonds is 15. The molecule has 0 aliphatic heterocycles. The van der Waals surface area contributed by atoms with Crippen LogP contribution in [0.2, 0.25) is 0 Å². The average molecular weight is 345 g/mol. The zero-order chi connectivity index (χ0) is 18.6. The first-order chi connectivity index (χ1) is 12.2. The van der Waals surface area contributed by atoms with Crippen molar-refractivity contribution >= 4 is 5.97 Å². The van der Waals surface area contributed by atoms with E-state index in [1.165, 1.54) is 44.6 Å². The first-order valence-electron chi connectivity index (χ1n) is 9.69. The molecule has 0 saturated heterocycles. The zero-order valence-electron chi connectivity index (χ0n) is 16.1. The minimum atomic E-state index is -0.878. The zero-order valence-corrected chi connectivity index (χ0v) is 16.1. The Morgan fingerprint density at radius 3 is 1.88 bits per heavy atom. The topological polar surface area (TPSA) is 37.3 Å². The lowest BCUT2D eigenvalue weighted by molar-refractivity contribution is -0.131. The van der Waals surface area contributed by atoms with Crippen LogP contribution in [-0.2, 0) is 4.79 Å². The van der Waals surface area contributed by atoms with E-state index in [1.54, 1.807) is 0 Å². The third-order valence-electron chi connectivity index (χ3n) is 3.75. The van der Waals surface area contributed by atoms with Crippen molar-refractivity contribution in [3.8, 4) is 0 Å². The van der Waals surface area contributed by atoms with Gasteiger partial charge in [0.05, 0.1) is 0 Å². The van der Waals surface area contributed by atoms with E-state index in [2.05, 4.69) is 49.5 Å². The van der Waals surface area contributed by atoms with Gasteiger partial charge in [0.25, 0.3) is 0 Å². The van der Waals surface area contributed by atoms with E-state index in [9.17, 15) is 4.79 Å². The third kappa shape index (κ3) is 20.1. The van der Waals surface area contributed by atoms with Crippen molar-refractivity contribution in [1.82, 2.24) is 0 Å². The Morgan fingerprint density at radius 2 is 1.28 bits per heavy atom. The van der Waals surface area contributed by atoms with Gasteiger partial charge in [-0.3, -0.25) is 0 Å². The number of hydrogen-bond donors (Lipinski definition) is 1. The molecule has 0 spiro atoms. The van der Waals surface area contributed by atoms with Gasteiger partial charge >= 0.3 is 5.97 Å². The lowest BCUT2D eigenvalue weighted by Gasteiger charge is -1.98. The average Bonchev–Trinajstić information content (AvgIpc) is 2.57. The maximum Gasteiger partial charge on any atom is 0.328 e. The highest BCUT2D eigenvalue weighted by Crippen LogP contribution is 2.09. The third-order valence-corrected chi connectivity index (χ3v) is 3.75. The molecular formula is C23H36O2. The van der Waals surface area contributed by atoms with E-state index in [0.717, 1.165) is 31.3 Å². The molecule has 0 aromatic heterocycles. The Kier molecular flexibility index (Phi) is 17.2. The van der Waals surface area contributed by atoms with E-state index in [1.807, 2.05) is 13.0 Å².